The Bertz CT molecular complexity index is 406. The van der Waals surface area contributed by atoms with Gasteiger partial charge in [0.1, 0.15) is 0 Å². The maximum absolute atomic E-state index is 3.28. The van der Waals surface area contributed by atoms with Crippen molar-refractivity contribution in [1.82, 2.24) is 0 Å². The molecule has 2 rings (SSSR count). The van der Waals surface area contributed by atoms with Gasteiger partial charge in [0.25, 0.3) is 0 Å². The molecule has 0 saturated carbocycles. The van der Waals surface area contributed by atoms with Crippen LogP contribution in [0.1, 0.15) is 53.4 Å². The summed E-state index contributed by atoms with van der Waals surface area (Å²) < 4.78 is 0. The van der Waals surface area contributed by atoms with Crippen LogP contribution in [0.25, 0.3) is 0 Å². The molecule has 0 fully saturated rings. The molecule has 0 aromatic carbocycles. The van der Waals surface area contributed by atoms with Crippen LogP contribution in [0.4, 0.5) is 0 Å². The maximum atomic E-state index is 3.28. The minimum Gasteiger partial charge on any atom is -1.00 e. The Morgan fingerprint density at radius 1 is 0.909 bits per heavy atom. The summed E-state index contributed by atoms with van der Waals surface area (Å²) in [6.07, 6.45) is 15.4. The van der Waals surface area contributed by atoms with Crippen LogP contribution in [-0.4, -0.2) is 5.43 Å². The van der Waals surface area contributed by atoms with Crippen LogP contribution >= 0.6 is 0 Å². The monoisotopic (exact) mass is 432 g/mol. The number of allylic oxidation sites excluding steroid dienone is 8. The summed E-state index contributed by atoms with van der Waals surface area (Å²) in [6.45, 7) is 13.2. The maximum Gasteiger partial charge on any atom is -1.00 e. The van der Waals surface area contributed by atoms with Crippen LogP contribution < -0.4 is 24.8 Å². The van der Waals surface area contributed by atoms with Gasteiger partial charge in [-0.3, -0.25) is 12.2 Å². The van der Waals surface area contributed by atoms with Crippen LogP contribution in [0, 0.1) is 12.2 Å². The second kappa shape index (κ2) is 16.5. The zero-order chi connectivity index (χ0) is 15.5. The minimum atomic E-state index is 0. The van der Waals surface area contributed by atoms with Gasteiger partial charge in [0.2, 0.25) is 0 Å². The van der Waals surface area contributed by atoms with Crippen molar-refractivity contribution < 1.29 is 48.1 Å². The number of rotatable bonds is 2. The smallest absolute Gasteiger partial charge is 1.00 e. The van der Waals surface area contributed by atoms with E-state index >= 15 is 0 Å². The fourth-order valence-corrected chi connectivity index (χ4v) is 1.76. The second-order valence-electron chi connectivity index (χ2n) is 5.45. The Balaban J connectivity index is -0.000000249. The normalized spacial score (nSPS) is 14.5. The van der Waals surface area contributed by atoms with E-state index in [1.54, 1.807) is 23.3 Å². The molecule has 0 bridgehead atoms. The molecule has 4 heteroatoms. The van der Waals surface area contributed by atoms with Gasteiger partial charge in [-0.2, -0.15) is 11.1 Å². The molecular formula is C18H28Cl2SiZr-2. The van der Waals surface area contributed by atoms with Gasteiger partial charge in [0.15, 0.2) is 0 Å². The van der Waals surface area contributed by atoms with Crippen LogP contribution in [0.5, 0.6) is 0 Å². The van der Waals surface area contributed by atoms with Crippen LogP contribution in [0.3, 0.4) is 0 Å². The first-order valence-corrected chi connectivity index (χ1v) is 13.6. The van der Waals surface area contributed by atoms with Crippen molar-refractivity contribution in [2.75, 3.05) is 0 Å². The van der Waals surface area contributed by atoms with Crippen molar-refractivity contribution in [3.8, 4) is 0 Å². The molecule has 0 N–H and O–H groups in total. The van der Waals surface area contributed by atoms with E-state index in [1.165, 1.54) is 22.3 Å². The Morgan fingerprint density at radius 2 is 1.18 bits per heavy atom. The number of hydrogen-bond donors (Lipinski definition) is 0. The minimum absolute atomic E-state index is 0. The molecule has 0 unspecified atom stereocenters. The quantitative estimate of drug-likeness (QED) is 0.415. The Kier molecular flexibility index (Phi) is 20.6. The molecular weight excluding hydrogens is 406 g/mol. The van der Waals surface area contributed by atoms with Crippen molar-refractivity contribution in [3.05, 3.63) is 46.6 Å². The Hall–Kier alpha value is 0.640. The van der Waals surface area contributed by atoms with E-state index in [4.69, 9.17) is 0 Å². The van der Waals surface area contributed by atoms with E-state index < -0.39 is 0 Å². The number of halogens is 2. The fourth-order valence-electron chi connectivity index (χ4n) is 1.76. The molecule has 0 radical (unpaired) electrons. The van der Waals surface area contributed by atoms with Gasteiger partial charge in [0, 0.05) is 0 Å². The van der Waals surface area contributed by atoms with Crippen molar-refractivity contribution in [2.45, 2.75) is 66.5 Å². The first-order valence-electron chi connectivity index (χ1n) is 7.44. The largest absolute Gasteiger partial charge is 1.00 e. The molecule has 124 valence electrons. The van der Waals surface area contributed by atoms with E-state index in [1.807, 2.05) is 0 Å². The van der Waals surface area contributed by atoms with Gasteiger partial charge in [-0.15, -0.1) is 12.8 Å². The summed E-state index contributed by atoms with van der Waals surface area (Å²) in [7, 11) is 0. The molecule has 0 saturated heterocycles. The third-order valence-electron chi connectivity index (χ3n) is 2.79. The molecule has 0 aliphatic heterocycles. The van der Waals surface area contributed by atoms with Gasteiger partial charge >= 0.3 is 41.9 Å². The summed E-state index contributed by atoms with van der Waals surface area (Å²) >= 11 is 1.74. The van der Waals surface area contributed by atoms with Gasteiger partial charge in [0.05, 0.1) is 0 Å². The van der Waals surface area contributed by atoms with Crippen LogP contribution in [0.15, 0.2) is 34.4 Å². The van der Waals surface area contributed by atoms with Gasteiger partial charge in [-0.1, -0.05) is 40.5 Å². The van der Waals surface area contributed by atoms with Gasteiger partial charge in [-0.25, -0.2) is 23.3 Å². The molecule has 0 spiro atoms. The van der Waals surface area contributed by atoms with Crippen molar-refractivity contribution in [1.29, 1.82) is 0 Å². The molecule has 2 aliphatic rings. The fraction of sp³-hybridized carbons (Fsp3) is 0.556. The summed E-state index contributed by atoms with van der Waals surface area (Å²) in [5.74, 6) is 0. The summed E-state index contributed by atoms with van der Waals surface area (Å²) in [6, 6.07) is 0. The predicted octanol–water partition coefficient (Wildman–Crippen LogP) is -0.256. The van der Waals surface area contributed by atoms with E-state index in [0.717, 1.165) is 25.7 Å². The molecule has 22 heavy (non-hydrogen) atoms. The Labute approximate surface area is 165 Å². The summed E-state index contributed by atoms with van der Waals surface area (Å²) in [5.41, 5.74) is 5.86. The van der Waals surface area contributed by atoms with E-state index in [9.17, 15) is 0 Å². The van der Waals surface area contributed by atoms with E-state index in [-0.39, 0.29) is 30.2 Å². The van der Waals surface area contributed by atoms with Crippen molar-refractivity contribution in [3.63, 3.8) is 0 Å². The SMILES string of the molecule is CCC1=[C-]CC(C)=C1.CCC1=[C-]CC(C)=C1.C[Si](C)=[Zr+2].[Cl-].[Cl-]. The first kappa shape index (κ1) is 27.5. The van der Waals surface area contributed by atoms with Gasteiger partial charge < -0.3 is 24.8 Å². The standard InChI is InChI=1S/2C8H11.C2H6Si.2ClH.Zr/c2*1-3-8-5-4-7(2)6-8;1-3-2;;;/h2*6H,3-4H2,1-2H3;1-2H3;2*1H;/q2*-1;;;;+2/p-2. The predicted molar refractivity (Wildman–Crippen MR) is 88.3 cm³/mol. The van der Waals surface area contributed by atoms with E-state index in [0.29, 0.717) is 0 Å². The van der Waals surface area contributed by atoms with Crippen molar-refractivity contribution in [2.24, 2.45) is 0 Å². The van der Waals surface area contributed by atoms with Crippen LogP contribution in [0.2, 0.25) is 13.1 Å². The van der Waals surface area contributed by atoms with E-state index in [2.05, 4.69) is 65.1 Å². The molecule has 0 aromatic rings. The zero-order valence-electron chi connectivity index (χ0n) is 14.7. The molecule has 0 nitrogen and oxygen atoms in total. The zero-order valence-corrected chi connectivity index (χ0v) is 19.7. The van der Waals surface area contributed by atoms with Crippen LogP contribution in [-0.2, 0) is 23.3 Å². The summed E-state index contributed by atoms with van der Waals surface area (Å²) in [5, 5.41) is 0. The average molecular weight is 435 g/mol. The second-order valence-corrected chi connectivity index (χ2v) is 14.8. The molecule has 2 aliphatic carbocycles. The molecule has 0 heterocycles. The Morgan fingerprint density at radius 3 is 1.27 bits per heavy atom. The van der Waals surface area contributed by atoms with Gasteiger partial charge in [-0.05, 0) is 0 Å². The number of hydrogen-bond acceptors (Lipinski definition) is 0. The average Bonchev–Trinajstić information content (AvgIpc) is 2.97. The summed E-state index contributed by atoms with van der Waals surface area (Å²) in [4.78, 5) is 0. The first-order chi connectivity index (χ1) is 9.38. The molecule has 0 atom stereocenters. The topological polar surface area (TPSA) is 0 Å². The third-order valence-corrected chi connectivity index (χ3v) is 2.79. The molecule has 0 aromatic heterocycles. The third kappa shape index (κ3) is 15.5. The molecule has 0 amide bonds. The van der Waals surface area contributed by atoms with Crippen molar-refractivity contribution >= 4 is 5.43 Å².